The SMILES string of the molecule is NC12CC=CCC1CCc1sccc12. The fourth-order valence-corrected chi connectivity index (χ4v) is 3.86. The minimum Gasteiger partial charge on any atom is -0.321 e. The van der Waals surface area contributed by atoms with E-state index in [9.17, 15) is 0 Å². The molecule has 1 nitrogen and oxygen atoms in total. The van der Waals surface area contributed by atoms with E-state index in [4.69, 9.17) is 5.73 Å². The fraction of sp³-hybridized carbons (Fsp3) is 0.500. The lowest BCUT2D eigenvalue weighted by Gasteiger charge is -2.42. The highest BCUT2D eigenvalue weighted by Gasteiger charge is 2.41. The predicted octanol–water partition coefficient (Wildman–Crippen LogP) is 2.81. The molecule has 0 amide bonds. The van der Waals surface area contributed by atoms with Gasteiger partial charge in [0.15, 0.2) is 0 Å². The van der Waals surface area contributed by atoms with Crippen LogP contribution in [0.2, 0.25) is 0 Å². The number of nitrogens with two attached hydrogens (primary N) is 1. The number of fused-ring (bicyclic) bond motifs is 3. The van der Waals surface area contributed by atoms with E-state index in [-0.39, 0.29) is 5.54 Å². The first kappa shape index (κ1) is 8.69. The molecule has 3 rings (SSSR count). The van der Waals surface area contributed by atoms with E-state index >= 15 is 0 Å². The van der Waals surface area contributed by atoms with Crippen LogP contribution in [0.5, 0.6) is 0 Å². The maximum atomic E-state index is 6.58. The van der Waals surface area contributed by atoms with Crippen LogP contribution in [0, 0.1) is 5.92 Å². The Bertz CT molecular complexity index is 379. The third-order valence-electron chi connectivity index (χ3n) is 3.74. The molecule has 0 bridgehead atoms. The lowest BCUT2D eigenvalue weighted by molar-refractivity contribution is 0.234. The van der Waals surface area contributed by atoms with Crippen LogP contribution in [0.4, 0.5) is 0 Å². The molecular formula is C12H15NS. The first-order chi connectivity index (χ1) is 6.81. The Morgan fingerprint density at radius 2 is 2.36 bits per heavy atom. The minimum atomic E-state index is -0.0394. The number of rotatable bonds is 0. The van der Waals surface area contributed by atoms with Gasteiger partial charge in [0.2, 0.25) is 0 Å². The van der Waals surface area contributed by atoms with Crippen molar-refractivity contribution in [3.63, 3.8) is 0 Å². The largest absolute Gasteiger partial charge is 0.321 e. The van der Waals surface area contributed by atoms with Crippen molar-refractivity contribution < 1.29 is 0 Å². The van der Waals surface area contributed by atoms with Crippen LogP contribution in [0.1, 0.15) is 29.7 Å². The Morgan fingerprint density at radius 3 is 3.29 bits per heavy atom. The highest BCUT2D eigenvalue weighted by atomic mass is 32.1. The van der Waals surface area contributed by atoms with E-state index in [1.807, 2.05) is 11.3 Å². The van der Waals surface area contributed by atoms with E-state index in [1.54, 1.807) is 0 Å². The quantitative estimate of drug-likeness (QED) is 0.648. The second kappa shape index (κ2) is 2.94. The molecule has 2 unspecified atom stereocenters. The van der Waals surface area contributed by atoms with Gasteiger partial charge in [0.05, 0.1) is 0 Å². The lowest BCUT2D eigenvalue weighted by atomic mass is 9.67. The van der Waals surface area contributed by atoms with Crippen LogP contribution in [-0.4, -0.2) is 0 Å². The molecule has 2 aliphatic carbocycles. The van der Waals surface area contributed by atoms with E-state index in [0.29, 0.717) is 5.92 Å². The van der Waals surface area contributed by atoms with Gasteiger partial charge in [-0.1, -0.05) is 12.2 Å². The normalized spacial score (nSPS) is 35.1. The minimum absolute atomic E-state index is 0.0394. The molecule has 0 radical (unpaired) electrons. The molecule has 0 fully saturated rings. The Balaban J connectivity index is 2.12. The zero-order chi connectivity index (χ0) is 9.60. The van der Waals surface area contributed by atoms with Gasteiger partial charge in [0.25, 0.3) is 0 Å². The van der Waals surface area contributed by atoms with E-state index in [2.05, 4.69) is 23.6 Å². The molecular weight excluding hydrogens is 190 g/mol. The topological polar surface area (TPSA) is 26.0 Å². The molecule has 0 saturated heterocycles. The van der Waals surface area contributed by atoms with Gasteiger partial charge in [-0.25, -0.2) is 0 Å². The highest BCUT2D eigenvalue weighted by molar-refractivity contribution is 7.10. The summed E-state index contributed by atoms with van der Waals surface area (Å²) in [5.74, 6) is 0.676. The molecule has 1 heterocycles. The van der Waals surface area contributed by atoms with Crippen molar-refractivity contribution in [2.45, 2.75) is 31.2 Å². The number of hydrogen-bond donors (Lipinski definition) is 1. The number of hydrogen-bond acceptors (Lipinski definition) is 2. The van der Waals surface area contributed by atoms with Gasteiger partial charge in [0, 0.05) is 10.4 Å². The number of thiophene rings is 1. The summed E-state index contributed by atoms with van der Waals surface area (Å²) < 4.78 is 0. The Hall–Kier alpha value is -0.600. The summed E-state index contributed by atoms with van der Waals surface area (Å²) in [5.41, 5.74) is 7.97. The molecule has 1 aromatic rings. The first-order valence-electron chi connectivity index (χ1n) is 5.31. The predicted molar refractivity (Wildman–Crippen MR) is 60.4 cm³/mol. The summed E-state index contributed by atoms with van der Waals surface area (Å²) >= 11 is 1.88. The Labute approximate surface area is 88.6 Å². The summed E-state index contributed by atoms with van der Waals surface area (Å²) in [6.45, 7) is 0. The Morgan fingerprint density at radius 1 is 1.43 bits per heavy atom. The van der Waals surface area contributed by atoms with Gasteiger partial charge >= 0.3 is 0 Å². The molecule has 0 aliphatic heterocycles. The van der Waals surface area contributed by atoms with Gasteiger partial charge in [0.1, 0.15) is 0 Å². The smallest absolute Gasteiger partial charge is 0.0487 e. The number of allylic oxidation sites excluding steroid dienone is 1. The Kier molecular flexibility index (Phi) is 1.83. The molecule has 0 aromatic carbocycles. The number of aryl methyl sites for hydroxylation is 1. The van der Waals surface area contributed by atoms with Crippen LogP contribution in [-0.2, 0) is 12.0 Å². The molecule has 0 spiro atoms. The average Bonchev–Trinajstić information content (AvgIpc) is 2.66. The summed E-state index contributed by atoms with van der Waals surface area (Å²) in [5, 5.41) is 2.19. The van der Waals surface area contributed by atoms with Crippen LogP contribution < -0.4 is 5.73 Å². The molecule has 2 heteroatoms. The average molecular weight is 205 g/mol. The van der Waals surface area contributed by atoms with Crippen LogP contribution >= 0.6 is 11.3 Å². The molecule has 74 valence electrons. The van der Waals surface area contributed by atoms with Crippen molar-refractivity contribution >= 4 is 11.3 Å². The van der Waals surface area contributed by atoms with Crippen molar-refractivity contribution in [3.8, 4) is 0 Å². The summed E-state index contributed by atoms with van der Waals surface area (Å²) in [6.07, 6.45) is 9.27. The maximum absolute atomic E-state index is 6.58. The lowest BCUT2D eigenvalue weighted by Crippen LogP contribution is -2.47. The van der Waals surface area contributed by atoms with Crippen LogP contribution in [0.3, 0.4) is 0 Å². The summed E-state index contributed by atoms with van der Waals surface area (Å²) in [6, 6.07) is 2.24. The molecule has 2 aliphatic rings. The van der Waals surface area contributed by atoms with Crippen molar-refractivity contribution in [1.29, 1.82) is 0 Å². The fourth-order valence-electron chi connectivity index (χ4n) is 2.88. The van der Waals surface area contributed by atoms with Gasteiger partial charge in [-0.15, -0.1) is 11.3 Å². The van der Waals surface area contributed by atoms with Crippen LogP contribution in [0.25, 0.3) is 0 Å². The van der Waals surface area contributed by atoms with Gasteiger partial charge in [-0.2, -0.15) is 0 Å². The summed E-state index contributed by atoms with van der Waals surface area (Å²) in [4.78, 5) is 1.53. The molecule has 0 saturated carbocycles. The van der Waals surface area contributed by atoms with Crippen molar-refractivity contribution in [2.75, 3.05) is 0 Å². The second-order valence-electron chi connectivity index (χ2n) is 4.44. The highest BCUT2D eigenvalue weighted by Crippen LogP contribution is 2.45. The zero-order valence-corrected chi connectivity index (χ0v) is 9.02. The van der Waals surface area contributed by atoms with Crippen molar-refractivity contribution in [3.05, 3.63) is 34.0 Å². The first-order valence-corrected chi connectivity index (χ1v) is 6.19. The molecule has 14 heavy (non-hydrogen) atoms. The molecule has 2 atom stereocenters. The van der Waals surface area contributed by atoms with Crippen LogP contribution in [0.15, 0.2) is 23.6 Å². The second-order valence-corrected chi connectivity index (χ2v) is 5.45. The van der Waals surface area contributed by atoms with Gasteiger partial charge in [-0.05, 0) is 48.6 Å². The van der Waals surface area contributed by atoms with Crippen molar-refractivity contribution in [2.24, 2.45) is 11.7 Å². The molecule has 2 N–H and O–H groups in total. The third-order valence-corrected chi connectivity index (χ3v) is 4.72. The van der Waals surface area contributed by atoms with Crippen molar-refractivity contribution in [1.82, 2.24) is 0 Å². The van der Waals surface area contributed by atoms with Gasteiger partial charge in [-0.3, -0.25) is 0 Å². The summed E-state index contributed by atoms with van der Waals surface area (Å²) in [7, 11) is 0. The maximum Gasteiger partial charge on any atom is 0.0487 e. The van der Waals surface area contributed by atoms with Gasteiger partial charge < -0.3 is 5.73 Å². The third kappa shape index (κ3) is 1.04. The standard InChI is InChI=1S/C12H15NS/c13-12-7-2-1-3-9(12)4-5-11-10(12)6-8-14-11/h1-2,6,8-9H,3-5,7,13H2. The molecule has 1 aromatic heterocycles. The van der Waals surface area contributed by atoms with E-state index in [0.717, 1.165) is 6.42 Å². The zero-order valence-electron chi connectivity index (χ0n) is 8.20. The van der Waals surface area contributed by atoms with E-state index in [1.165, 1.54) is 29.7 Å². The van der Waals surface area contributed by atoms with E-state index < -0.39 is 0 Å². The monoisotopic (exact) mass is 205 g/mol.